The van der Waals surface area contributed by atoms with Gasteiger partial charge in [0, 0.05) is 47.5 Å². The van der Waals surface area contributed by atoms with Crippen molar-refractivity contribution in [3.8, 4) is 5.88 Å². The van der Waals surface area contributed by atoms with Crippen molar-refractivity contribution in [2.45, 2.75) is 50.3 Å². The summed E-state index contributed by atoms with van der Waals surface area (Å²) < 4.78 is 5.10. The highest BCUT2D eigenvalue weighted by atomic mass is 35.5. The van der Waals surface area contributed by atoms with E-state index in [2.05, 4.69) is 20.5 Å². The number of aromatic nitrogens is 1. The zero-order valence-electron chi connectivity index (χ0n) is 19.5. The number of nitrogens with one attached hydrogen (secondary N) is 2. The number of aryl methyl sites for hydroxylation is 1. The number of carbonyl (C=O) groups excluding carboxylic acids is 2. The van der Waals surface area contributed by atoms with Crippen LogP contribution in [0.2, 0.25) is 5.02 Å². The van der Waals surface area contributed by atoms with Crippen molar-refractivity contribution in [1.82, 2.24) is 20.5 Å². The molecule has 8 nitrogen and oxygen atoms in total. The van der Waals surface area contributed by atoms with Gasteiger partial charge in [0.25, 0.3) is 5.91 Å². The number of nitrogens with zero attached hydrogens (tertiary/aromatic N) is 2. The van der Waals surface area contributed by atoms with E-state index in [9.17, 15) is 14.7 Å². The fourth-order valence-electron chi connectivity index (χ4n) is 4.74. The lowest BCUT2D eigenvalue weighted by Gasteiger charge is -2.48. The zero-order valence-corrected chi connectivity index (χ0v) is 20.3. The number of aliphatic hydroxyl groups is 1. The van der Waals surface area contributed by atoms with E-state index < -0.39 is 5.60 Å². The Morgan fingerprint density at radius 1 is 1.24 bits per heavy atom. The van der Waals surface area contributed by atoms with E-state index in [1.54, 1.807) is 37.6 Å². The summed E-state index contributed by atoms with van der Waals surface area (Å²) in [6.45, 7) is 3.33. The maximum Gasteiger partial charge on any atom is 0.251 e. The molecule has 0 atom stereocenters. The van der Waals surface area contributed by atoms with E-state index in [-0.39, 0.29) is 24.4 Å². The molecule has 2 amide bonds. The van der Waals surface area contributed by atoms with Gasteiger partial charge in [0.05, 0.1) is 25.3 Å². The summed E-state index contributed by atoms with van der Waals surface area (Å²) in [5, 5.41) is 17.3. The lowest BCUT2D eigenvalue weighted by Crippen LogP contribution is -2.63. The van der Waals surface area contributed by atoms with Crippen molar-refractivity contribution < 1.29 is 19.4 Å². The summed E-state index contributed by atoms with van der Waals surface area (Å²) in [7, 11) is 1.57. The first-order valence-corrected chi connectivity index (χ1v) is 12.0. The van der Waals surface area contributed by atoms with Crippen LogP contribution in [0.25, 0.3) is 0 Å². The average Bonchev–Trinajstić information content (AvgIpc) is 2.82. The monoisotopic (exact) mass is 486 g/mol. The van der Waals surface area contributed by atoms with Crippen LogP contribution in [-0.4, -0.2) is 65.6 Å². The lowest BCUT2D eigenvalue weighted by molar-refractivity contribution is -0.122. The third-order valence-electron chi connectivity index (χ3n) is 6.89. The van der Waals surface area contributed by atoms with E-state index in [0.717, 1.165) is 37.1 Å². The third kappa shape index (κ3) is 5.51. The smallest absolute Gasteiger partial charge is 0.251 e. The molecule has 2 heterocycles. The Balaban J connectivity index is 1.17. The Morgan fingerprint density at radius 2 is 1.97 bits per heavy atom. The van der Waals surface area contributed by atoms with E-state index in [1.165, 1.54) is 0 Å². The predicted octanol–water partition coefficient (Wildman–Crippen LogP) is 2.41. The minimum Gasteiger partial charge on any atom is -0.481 e. The zero-order chi connectivity index (χ0) is 24.3. The summed E-state index contributed by atoms with van der Waals surface area (Å²) in [6, 6.07) is 9.16. The third-order valence-corrected chi connectivity index (χ3v) is 7.31. The minimum atomic E-state index is -0.852. The molecule has 0 unspecified atom stereocenters. The van der Waals surface area contributed by atoms with Crippen molar-refractivity contribution in [2.75, 3.05) is 26.7 Å². The highest BCUT2D eigenvalue weighted by Gasteiger charge is 2.40. The molecule has 2 fully saturated rings. The van der Waals surface area contributed by atoms with Gasteiger partial charge in [-0.3, -0.25) is 14.5 Å². The quantitative estimate of drug-likeness (QED) is 0.555. The Morgan fingerprint density at radius 3 is 2.59 bits per heavy atom. The number of methoxy groups -OCH3 is 1. The van der Waals surface area contributed by atoms with Crippen molar-refractivity contribution >= 4 is 23.4 Å². The standard InChI is InChI=1S/C25H31ClN4O4/c1-16-11-17(3-5-21(16)26)24(32)28-13-22(31)29-19-14-30(15-19)20-7-9-25(33,10-8-20)18-4-6-23(34-2)27-12-18/h3-6,11-12,19-20,33H,7-10,13-15H2,1-2H3,(H,28,32)(H,29,31)/t20-,25-. The molecule has 4 rings (SSSR count). The SMILES string of the molecule is COc1ccc([C@]2(O)CC[C@H](N3CC(NC(=O)CNC(=O)c4ccc(Cl)c(C)c4)C3)CC2)cn1. The number of carbonyl (C=O) groups is 2. The molecule has 1 aliphatic heterocycles. The van der Waals surface area contributed by atoms with Crippen molar-refractivity contribution in [3.05, 3.63) is 58.2 Å². The molecule has 1 saturated heterocycles. The number of benzene rings is 1. The van der Waals surface area contributed by atoms with Gasteiger partial charge in [-0.2, -0.15) is 0 Å². The van der Waals surface area contributed by atoms with Crippen molar-refractivity contribution in [2.24, 2.45) is 0 Å². The first-order chi connectivity index (χ1) is 16.3. The molecule has 3 N–H and O–H groups in total. The second-order valence-electron chi connectivity index (χ2n) is 9.22. The van der Waals surface area contributed by atoms with Gasteiger partial charge in [0.2, 0.25) is 11.8 Å². The molecule has 2 aliphatic rings. The van der Waals surface area contributed by atoms with Crippen molar-refractivity contribution in [3.63, 3.8) is 0 Å². The fraction of sp³-hybridized carbons (Fsp3) is 0.480. The Bertz CT molecular complexity index is 1030. The lowest BCUT2D eigenvalue weighted by atomic mass is 9.77. The van der Waals surface area contributed by atoms with Gasteiger partial charge in [-0.05, 0) is 62.4 Å². The van der Waals surface area contributed by atoms with Crippen molar-refractivity contribution in [1.29, 1.82) is 0 Å². The summed E-state index contributed by atoms with van der Waals surface area (Å²) in [5.41, 5.74) is 1.27. The van der Waals surface area contributed by atoms with E-state index in [4.69, 9.17) is 16.3 Å². The maximum absolute atomic E-state index is 12.3. The van der Waals surface area contributed by atoms with Crippen LogP contribution < -0.4 is 15.4 Å². The molecule has 0 spiro atoms. The van der Waals surface area contributed by atoms with Gasteiger partial charge in [-0.1, -0.05) is 11.6 Å². The van der Waals surface area contributed by atoms with Crippen LogP contribution in [0.15, 0.2) is 36.5 Å². The first-order valence-electron chi connectivity index (χ1n) is 11.6. The van der Waals surface area contributed by atoms with Gasteiger partial charge in [0.1, 0.15) is 0 Å². The van der Waals surface area contributed by atoms with E-state index >= 15 is 0 Å². The topological polar surface area (TPSA) is 104 Å². The second kappa shape index (κ2) is 10.3. The molecular formula is C25H31ClN4O4. The van der Waals surface area contributed by atoms with Crippen LogP contribution in [-0.2, 0) is 10.4 Å². The molecule has 1 aromatic heterocycles. The minimum absolute atomic E-state index is 0.0661. The fourth-order valence-corrected chi connectivity index (χ4v) is 4.86. The number of likely N-dealkylation sites (tertiary alicyclic amines) is 1. The van der Waals surface area contributed by atoms with E-state index in [1.807, 2.05) is 13.0 Å². The normalized spacial score (nSPS) is 23.1. The predicted molar refractivity (Wildman–Crippen MR) is 129 cm³/mol. The second-order valence-corrected chi connectivity index (χ2v) is 9.62. The number of ether oxygens (including phenoxy) is 1. The molecule has 0 radical (unpaired) electrons. The highest BCUT2D eigenvalue weighted by molar-refractivity contribution is 6.31. The largest absolute Gasteiger partial charge is 0.481 e. The summed E-state index contributed by atoms with van der Waals surface area (Å²) in [6.07, 6.45) is 4.82. The number of amides is 2. The number of hydrogen-bond acceptors (Lipinski definition) is 6. The van der Waals surface area contributed by atoms with E-state index in [0.29, 0.717) is 35.3 Å². The molecule has 1 aromatic carbocycles. The van der Waals surface area contributed by atoms with Gasteiger partial charge in [0.15, 0.2) is 0 Å². The Kier molecular flexibility index (Phi) is 7.40. The van der Waals surface area contributed by atoms with Gasteiger partial charge >= 0.3 is 0 Å². The molecular weight excluding hydrogens is 456 g/mol. The number of rotatable bonds is 7. The van der Waals surface area contributed by atoms with Crippen LogP contribution in [0.5, 0.6) is 5.88 Å². The molecule has 2 aromatic rings. The number of halogens is 1. The molecule has 1 aliphatic carbocycles. The summed E-state index contributed by atoms with van der Waals surface area (Å²) >= 11 is 5.99. The van der Waals surface area contributed by atoms with Crippen LogP contribution in [0.1, 0.15) is 47.2 Å². The number of pyridine rings is 1. The Labute approximate surface area is 204 Å². The molecule has 34 heavy (non-hydrogen) atoms. The van der Waals surface area contributed by atoms with Gasteiger partial charge < -0.3 is 20.5 Å². The first kappa shape index (κ1) is 24.4. The molecule has 9 heteroatoms. The summed E-state index contributed by atoms with van der Waals surface area (Å²) in [4.78, 5) is 31.1. The van der Waals surface area contributed by atoms with Crippen LogP contribution in [0.3, 0.4) is 0 Å². The molecule has 0 bridgehead atoms. The van der Waals surface area contributed by atoms with Gasteiger partial charge in [-0.15, -0.1) is 0 Å². The van der Waals surface area contributed by atoms with Crippen LogP contribution in [0, 0.1) is 6.92 Å². The molecule has 182 valence electrons. The average molecular weight is 487 g/mol. The maximum atomic E-state index is 12.3. The summed E-state index contributed by atoms with van der Waals surface area (Å²) in [5.74, 6) is 0.0370. The Hall–Kier alpha value is -2.68. The van der Waals surface area contributed by atoms with Crippen LogP contribution in [0.4, 0.5) is 0 Å². The van der Waals surface area contributed by atoms with Crippen LogP contribution >= 0.6 is 11.6 Å². The highest BCUT2D eigenvalue weighted by Crippen LogP contribution is 2.39. The number of hydrogen-bond donors (Lipinski definition) is 3. The molecule has 1 saturated carbocycles. The van der Waals surface area contributed by atoms with Gasteiger partial charge in [-0.25, -0.2) is 4.98 Å².